The highest BCUT2D eigenvalue weighted by atomic mass is 19.2. The van der Waals surface area contributed by atoms with Gasteiger partial charge in [0.25, 0.3) is 0 Å². The fraction of sp³-hybridized carbons (Fsp3) is 0.235. The van der Waals surface area contributed by atoms with Crippen LogP contribution in [0, 0.1) is 17.5 Å². The molecule has 2 aromatic rings. The van der Waals surface area contributed by atoms with Crippen molar-refractivity contribution in [1.29, 1.82) is 0 Å². The SMILES string of the molecule is O=C1CNC(=O)N1C1CC1c1ccc(-c2cc(F)c(F)c(F)c2)nc1. The summed E-state index contributed by atoms with van der Waals surface area (Å²) in [5.41, 5.74) is 1.25. The van der Waals surface area contributed by atoms with E-state index in [2.05, 4.69) is 10.3 Å². The first-order valence-electron chi connectivity index (χ1n) is 7.66. The van der Waals surface area contributed by atoms with E-state index in [1.54, 1.807) is 12.1 Å². The van der Waals surface area contributed by atoms with Crippen LogP contribution in [0.1, 0.15) is 17.9 Å². The van der Waals surface area contributed by atoms with Crippen LogP contribution >= 0.6 is 0 Å². The van der Waals surface area contributed by atoms with Gasteiger partial charge in [-0.25, -0.2) is 18.0 Å². The molecule has 3 amide bonds. The van der Waals surface area contributed by atoms with Crippen LogP contribution < -0.4 is 5.32 Å². The van der Waals surface area contributed by atoms with E-state index < -0.39 is 17.5 Å². The normalized spacial score (nSPS) is 22.3. The topological polar surface area (TPSA) is 62.3 Å². The molecular weight excluding hydrogens is 335 g/mol. The second-order valence-corrected chi connectivity index (χ2v) is 6.06. The molecule has 2 fully saturated rings. The zero-order valence-corrected chi connectivity index (χ0v) is 12.8. The van der Waals surface area contributed by atoms with Gasteiger partial charge in [0.15, 0.2) is 17.5 Å². The first-order valence-corrected chi connectivity index (χ1v) is 7.66. The third-order valence-corrected chi connectivity index (χ3v) is 4.46. The standard InChI is InChI=1S/C17H12F3N3O2/c18-11-3-9(4-12(19)16(11)20)13-2-1-8(6-21-13)10-5-14(10)23-15(24)7-22-17(23)25/h1-4,6,10,14H,5,7H2,(H,22,25). The fourth-order valence-electron chi connectivity index (χ4n) is 3.09. The van der Waals surface area contributed by atoms with Gasteiger partial charge in [0.2, 0.25) is 5.91 Å². The summed E-state index contributed by atoms with van der Waals surface area (Å²) in [5, 5.41) is 2.48. The lowest BCUT2D eigenvalue weighted by molar-refractivity contribution is -0.125. The van der Waals surface area contributed by atoms with Gasteiger partial charge < -0.3 is 5.32 Å². The summed E-state index contributed by atoms with van der Waals surface area (Å²) >= 11 is 0. The van der Waals surface area contributed by atoms with Gasteiger partial charge in [-0.1, -0.05) is 6.07 Å². The van der Waals surface area contributed by atoms with Crippen LogP contribution in [0.15, 0.2) is 30.5 Å². The van der Waals surface area contributed by atoms with E-state index in [1.807, 2.05) is 0 Å². The third kappa shape index (κ3) is 2.63. The highest BCUT2D eigenvalue weighted by Crippen LogP contribution is 2.45. The zero-order chi connectivity index (χ0) is 17.7. The molecule has 5 nitrogen and oxygen atoms in total. The average Bonchev–Trinajstić information content (AvgIpc) is 3.31. The van der Waals surface area contributed by atoms with E-state index in [0.717, 1.165) is 17.7 Å². The van der Waals surface area contributed by atoms with E-state index in [4.69, 9.17) is 0 Å². The number of carbonyl (C=O) groups is 2. The largest absolute Gasteiger partial charge is 0.329 e. The summed E-state index contributed by atoms with van der Waals surface area (Å²) in [6, 6.07) is 4.48. The Morgan fingerprint density at radius 1 is 1.12 bits per heavy atom. The summed E-state index contributed by atoms with van der Waals surface area (Å²) in [6.45, 7) is 0.0148. The van der Waals surface area contributed by atoms with Crippen molar-refractivity contribution in [2.75, 3.05) is 6.54 Å². The number of halogens is 3. The molecule has 1 aromatic heterocycles. The number of benzene rings is 1. The van der Waals surface area contributed by atoms with Crippen LogP contribution in [0.25, 0.3) is 11.3 Å². The van der Waals surface area contributed by atoms with Gasteiger partial charge in [-0.3, -0.25) is 14.7 Å². The lowest BCUT2D eigenvalue weighted by atomic mass is 10.1. The van der Waals surface area contributed by atoms with Crippen molar-refractivity contribution in [2.45, 2.75) is 18.4 Å². The fourth-order valence-corrected chi connectivity index (χ4v) is 3.09. The van der Waals surface area contributed by atoms with Crippen LogP contribution in [0.2, 0.25) is 0 Å². The van der Waals surface area contributed by atoms with Crippen molar-refractivity contribution < 1.29 is 22.8 Å². The number of hydrogen-bond donors (Lipinski definition) is 1. The van der Waals surface area contributed by atoms with E-state index >= 15 is 0 Å². The smallest absolute Gasteiger partial charge is 0.324 e. The molecule has 2 unspecified atom stereocenters. The average molecular weight is 347 g/mol. The van der Waals surface area contributed by atoms with Crippen LogP contribution in [-0.4, -0.2) is 34.4 Å². The predicted molar refractivity (Wildman–Crippen MR) is 80.9 cm³/mol. The highest BCUT2D eigenvalue weighted by molar-refractivity contribution is 6.02. The Labute approximate surface area is 140 Å². The molecule has 1 saturated carbocycles. The summed E-state index contributed by atoms with van der Waals surface area (Å²) in [6.07, 6.45) is 2.19. The minimum absolute atomic E-state index is 0.00367. The molecule has 25 heavy (non-hydrogen) atoms. The number of amides is 3. The van der Waals surface area contributed by atoms with E-state index in [-0.39, 0.29) is 36.0 Å². The van der Waals surface area contributed by atoms with Crippen LogP contribution in [0.4, 0.5) is 18.0 Å². The van der Waals surface area contributed by atoms with Gasteiger partial charge in [-0.2, -0.15) is 0 Å². The molecule has 1 aliphatic heterocycles. The molecule has 0 radical (unpaired) electrons. The number of hydrogen-bond acceptors (Lipinski definition) is 3. The quantitative estimate of drug-likeness (QED) is 0.686. The molecule has 2 aliphatic rings. The number of aromatic nitrogens is 1. The molecule has 4 rings (SSSR count). The summed E-state index contributed by atoms with van der Waals surface area (Å²) in [4.78, 5) is 28.7. The number of imide groups is 1. The molecule has 128 valence electrons. The molecule has 2 atom stereocenters. The van der Waals surface area contributed by atoms with Crippen molar-refractivity contribution in [3.05, 3.63) is 53.5 Å². The maximum absolute atomic E-state index is 13.3. The molecule has 1 aliphatic carbocycles. The maximum Gasteiger partial charge on any atom is 0.324 e. The van der Waals surface area contributed by atoms with Crippen molar-refractivity contribution in [3.63, 3.8) is 0 Å². The van der Waals surface area contributed by atoms with Gasteiger partial charge in [0.1, 0.15) is 0 Å². The Balaban J connectivity index is 1.54. The molecule has 1 saturated heterocycles. The number of nitrogens with zero attached hydrogens (tertiary/aromatic N) is 2. The zero-order valence-electron chi connectivity index (χ0n) is 12.8. The van der Waals surface area contributed by atoms with Gasteiger partial charge >= 0.3 is 6.03 Å². The molecule has 8 heteroatoms. The molecular formula is C17H12F3N3O2. The third-order valence-electron chi connectivity index (χ3n) is 4.46. The van der Waals surface area contributed by atoms with Gasteiger partial charge in [0.05, 0.1) is 12.2 Å². The highest BCUT2D eigenvalue weighted by Gasteiger charge is 2.49. The predicted octanol–water partition coefficient (Wildman–Crippen LogP) is 2.57. The van der Waals surface area contributed by atoms with Crippen molar-refractivity contribution in [3.8, 4) is 11.3 Å². The second-order valence-electron chi connectivity index (χ2n) is 6.06. The number of carbonyl (C=O) groups excluding carboxylic acids is 2. The van der Waals surface area contributed by atoms with Crippen LogP contribution in [0.5, 0.6) is 0 Å². The number of urea groups is 1. The monoisotopic (exact) mass is 347 g/mol. The van der Waals surface area contributed by atoms with Crippen molar-refractivity contribution >= 4 is 11.9 Å². The van der Waals surface area contributed by atoms with Gasteiger partial charge in [-0.15, -0.1) is 0 Å². The molecule has 0 spiro atoms. The molecule has 1 N–H and O–H groups in total. The first-order chi connectivity index (χ1) is 12.0. The minimum Gasteiger partial charge on any atom is -0.329 e. The van der Waals surface area contributed by atoms with Crippen molar-refractivity contribution in [2.24, 2.45) is 0 Å². The molecule has 0 bridgehead atoms. The summed E-state index contributed by atoms with van der Waals surface area (Å²) in [5.74, 6) is -4.33. The van der Waals surface area contributed by atoms with Crippen LogP contribution in [0.3, 0.4) is 0 Å². The molecule has 1 aromatic carbocycles. The second kappa shape index (κ2) is 5.58. The Morgan fingerprint density at radius 2 is 1.84 bits per heavy atom. The molecule has 2 heterocycles. The Bertz CT molecular complexity index is 846. The van der Waals surface area contributed by atoms with Gasteiger partial charge in [0, 0.05) is 23.7 Å². The lowest BCUT2D eigenvalue weighted by Gasteiger charge is -2.12. The van der Waals surface area contributed by atoms with E-state index in [9.17, 15) is 22.8 Å². The van der Waals surface area contributed by atoms with E-state index in [1.165, 1.54) is 11.1 Å². The summed E-state index contributed by atoms with van der Waals surface area (Å²) in [7, 11) is 0. The number of nitrogens with one attached hydrogen (secondary N) is 1. The first kappa shape index (κ1) is 15.6. The number of pyridine rings is 1. The lowest BCUT2D eigenvalue weighted by Crippen LogP contribution is -2.33. The Hall–Kier alpha value is -2.90. The Morgan fingerprint density at radius 3 is 2.40 bits per heavy atom. The number of rotatable bonds is 3. The maximum atomic E-state index is 13.3. The van der Waals surface area contributed by atoms with Crippen LogP contribution in [-0.2, 0) is 4.79 Å². The van der Waals surface area contributed by atoms with E-state index in [0.29, 0.717) is 12.1 Å². The summed E-state index contributed by atoms with van der Waals surface area (Å²) < 4.78 is 39.7. The van der Waals surface area contributed by atoms with Gasteiger partial charge in [-0.05, 0) is 30.2 Å². The Kier molecular flexibility index (Phi) is 3.48. The minimum atomic E-state index is -1.52. The van der Waals surface area contributed by atoms with Crippen molar-refractivity contribution in [1.82, 2.24) is 15.2 Å².